The summed E-state index contributed by atoms with van der Waals surface area (Å²) in [5.74, 6) is -0.725. The summed E-state index contributed by atoms with van der Waals surface area (Å²) in [7, 11) is 0. The number of carbonyl (C=O) groups excluding carboxylic acids is 3. The van der Waals surface area contributed by atoms with Crippen molar-refractivity contribution in [3.8, 4) is 11.3 Å². The molecule has 0 saturated carbocycles. The van der Waals surface area contributed by atoms with E-state index in [2.05, 4.69) is 20.9 Å². The van der Waals surface area contributed by atoms with Gasteiger partial charge in [0.2, 0.25) is 0 Å². The molecule has 4 amide bonds. The number of nitrogens with one attached hydrogen (secondary N) is 3. The zero-order valence-electron chi connectivity index (χ0n) is 14.9. The molecule has 0 radical (unpaired) electrons. The van der Waals surface area contributed by atoms with E-state index in [1.54, 1.807) is 31.2 Å². The van der Waals surface area contributed by atoms with Crippen LogP contribution in [-0.4, -0.2) is 22.8 Å². The fraction of sp³-hybridized carbons (Fsp3) is 0.100. The molecule has 0 aliphatic carbocycles. The minimum atomic E-state index is -1.15. The molecule has 1 aromatic heterocycles. The number of thiazole rings is 1. The zero-order valence-corrected chi connectivity index (χ0v) is 15.7. The minimum Gasteiger partial charge on any atom is -0.320 e. The lowest BCUT2D eigenvalue weighted by atomic mass is 9.91. The minimum absolute atomic E-state index is 0.300. The van der Waals surface area contributed by atoms with Gasteiger partial charge in [0.25, 0.3) is 11.8 Å². The highest BCUT2D eigenvalue weighted by Gasteiger charge is 2.43. The predicted octanol–water partition coefficient (Wildman–Crippen LogP) is 3.12. The van der Waals surface area contributed by atoms with Gasteiger partial charge >= 0.3 is 6.03 Å². The number of hydrogen-bond acceptors (Lipinski definition) is 5. The third-order valence-electron chi connectivity index (χ3n) is 4.56. The Bertz CT molecular complexity index is 1060. The first kappa shape index (κ1) is 17.9. The number of imide groups is 1. The highest BCUT2D eigenvalue weighted by Crippen LogP contribution is 2.26. The summed E-state index contributed by atoms with van der Waals surface area (Å²) < 4.78 is 0. The normalized spacial score (nSPS) is 18.5. The summed E-state index contributed by atoms with van der Waals surface area (Å²) in [5, 5.41) is 9.98. The molecule has 1 saturated heterocycles. The SMILES string of the molecule is C[C@]1(c2ccc(C(=O)Nc3nc(-c4ccccc4)cs3)cc2)NC(=O)NC1=O. The van der Waals surface area contributed by atoms with Crippen LogP contribution in [-0.2, 0) is 10.3 Å². The van der Waals surface area contributed by atoms with Crippen LogP contribution >= 0.6 is 11.3 Å². The predicted molar refractivity (Wildman–Crippen MR) is 106 cm³/mol. The Morgan fingerprint density at radius 3 is 2.43 bits per heavy atom. The van der Waals surface area contributed by atoms with Crippen molar-refractivity contribution in [1.29, 1.82) is 0 Å². The lowest BCUT2D eigenvalue weighted by Gasteiger charge is -2.21. The van der Waals surface area contributed by atoms with Crippen molar-refractivity contribution in [2.24, 2.45) is 0 Å². The van der Waals surface area contributed by atoms with Crippen molar-refractivity contribution in [2.75, 3.05) is 5.32 Å². The van der Waals surface area contributed by atoms with Gasteiger partial charge in [0.05, 0.1) is 5.69 Å². The first-order valence-corrected chi connectivity index (χ1v) is 9.40. The van der Waals surface area contributed by atoms with Gasteiger partial charge in [-0.2, -0.15) is 0 Å². The molecule has 1 aliphatic heterocycles. The lowest BCUT2D eigenvalue weighted by molar-refractivity contribution is -0.123. The molecule has 1 fully saturated rings. The monoisotopic (exact) mass is 392 g/mol. The number of aromatic nitrogens is 1. The topological polar surface area (TPSA) is 100 Å². The van der Waals surface area contributed by atoms with Crippen molar-refractivity contribution in [3.63, 3.8) is 0 Å². The fourth-order valence-electron chi connectivity index (χ4n) is 2.94. The molecule has 140 valence electrons. The summed E-state index contributed by atoms with van der Waals surface area (Å²) in [6, 6.07) is 15.7. The van der Waals surface area contributed by atoms with E-state index in [4.69, 9.17) is 0 Å². The quantitative estimate of drug-likeness (QED) is 0.594. The zero-order chi connectivity index (χ0) is 19.7. The van der Waals surface area contributed by atoms with E-state index in [0.29, 0.717) is 16.3 Å². The molecule has 8 heteroatoms. The van der Waals surface area contributed by atoms with Crippen LogP contribution < -0.4 is 16.0 Å². The number of amides is 4. The van der Waals surface area contributed by atoms with Crippen LogP contribution in [0.1, 0.15) is 22.8 Å². The maximum atomic E-state index is 12.5. The van der Waals surface area contributed by atoms with E-state index in [-0.39, 0.29) is 5.91 Å². The second-order valence-corrected chi connectivity index (χ2v) is 7.33. The van der Waals surface area contributed by atoms with Gasteiger partial charge in [0, 0.05) is 16.5 Å². The Kier molecular flexibility index (Phi) is 4.40. The van der Waals surface area contributed by atoms with Gasteiger partial charge in [0.15, 0.2) is 5.13 Å². The number of rotatable bonds is 4. The molecule has 3 aromatic rings. The second-order valence-electron chi connectivity index (χ2n) is 6.47. The molecule has 28 heavy (non-hydrogen) atoms. The van der Waals surface area contributed by atoms with Crippen LogP contribution in [0.4, 0.5) is 9.93 Å². The number of urea groups is 1. The number of hydrogen-bond donors (Lipinski definition) is 3. The molecular weight excluding hydrogens is 376 g/mol. The molecule has 1 atom stereocenters. The molecule has 7 nitrogen and oxygen atoms in total. The van der Waals surface area contributed by atoms with Crippen LogP contribution in [0.25, 0.3) is 11.3 Å². The van der Waals surface area contributed by atoms with Gasteiger partial charge in [-0.25, -0.2) is 9.78 Å². The summed E-state index contributed by atoms with van der Waals surface area (Å²) in [5.41, 5.74) is 1.65. The van der Waals surface area contributed by atoms with Gasteiger partial charge in [-0.15, -0.1) is 11.3 Å². The number of carbonyl (C=O) groups is 3. The van der Waals surface area contributed by atoms with E-state index in [0.717, 1.165) is 11.3 Å². The van der Waals surface area contributed by atoms with Gasteiger partial charge in [-0.3, -0.25) is 20.2 Å². The standard InChI is InChI=1S/C20H16N4O3S/c1-20(17(26)23-18(27)24-20)14-9-7-13(8-10-14)16(25)22-19-21-15(11-28-19)12-5-3-2-4-6-12/h2-11H,1H3,(H,21,22,25)(H2,23,24,26,27)/t20-/m1/s1. The molecule has 1 aliphatic rings. The van der Waals surface area contributed by atoms with Crippen molar-refractivity contribution in [3.05, 3.63) is 71.1 Å². The second kappa shape index (κ2) is 6.90. The molecule has 2 heterocycles. The average Bonchev–Trinajstić information content (AvgIpc) is 3.27. The van der Waals surface area contributed by atoms with Crippen molar-refractivity contribution < 1.29 is 14.4 Å². The van der Waals surface area contributed by atoms with Crippen molar-refractivity contribution in [1.82, 2.24) is 15.6 Å². The van der Waals surface area contributed by atoms with E-state index >= 15 is 0 Å². The Balaban J connectivity index is 1.48. The molecule has 0 bridgehead atoms. The molecule has 2 aromatic carbocycles. The molecule has 4 rings (SSSR count). The summed E-state index contributed by atoms with van der Waals surface area (Å²) in [6.07, 6.45) is 0. The summed E-state index contributed by atoms with van der Waals surface area (Å²) in [6.45, 7) is 1.61. The Morgan fingerprint density at radius 1 is 1.07 bits per heavy atom. The molecular formula is C20H16N4O3S. The van der Waals surface area contributed by atoms with Crippen LogP contribution in [0.2, 0.25) is 0 Å². The lowest BCUT2D eigenvalue weighted by Crippen LogP contribution is -2.40. The van der Waals surface area contributed by atoms with Gasteiger partial charge in [0.1, 0.15) is 5.54 Å². The van der Waals surface area contributed by atoms with Crippen LogP contribution in [0, 0.1) is 0 Å². The smallest absolute Gasteiger partial charge is 0.320 e. The maximum absolute atomic E-state index is 12.5. The van der Waals surface area contributed by atoms with Gasteiger partial charge < -0.3 is 5.32 Å². The Morgan fingerprint density at radius 2 is 1.79 bits per heavy atom. The number of nitrogens with zero attached hydrogens (tertiary/aromatic N) is 1. The number of anilines is 1. The Labute approximate surface area is 164 Å². The van der Waals surface area contributed by atoms with Gasteiger partial charge in [-0.1, -0.05) is 42.5 Å². The maximum Gasteiger partial charge on any atom is 0.322 e. The van der Waals surface area contributed by atoms with Gasteiger partial charge in [-0.05, 0) is 24.6 Å². The molecule has 0 unspecified atom stereocenters. The van der Waals surface area contributed by atoms with E-state index in [1.807, 2.05) is 35.7 Å². The first-order valence-electron chi connectivity index (χ1n) is 8.52. The van der Waals surface area contributed by atoms with E-state index < -0.39 is 17.5 Å². The van der Waals surface area contributed by atoms with E-state index in [1.165, 1.54) is 11.3 Å². The fourth-order valence-corrected chi connectivity index (χ4v) is 3.66. The van der Waals surface area contributed by atoms with Crippen LogP contribution in [0.15, 0.2) is 60.0 Å². The summed E-state index contributed by atoms with van der Waals surface area (Å²) >= 11 is 1.35. The number of benzene rings is 2. The van der Waals surface area contributed by atoms with Crippen molar-refractivity contribution >= 4 is 34.3 Å². The van der Waals surface area contributed by atoms with Crippen molar-refractivity contribution in [2.45, 2.75) is 12.5 Å². The third-order valence-corrected chi connectivity index (χ3v) is 5.32. The average molecular weight is 392 g/mol. The molecule has 0 spiro atoms. The molecule has 3 N–H and O–H groups in total. The van der Waals surface area contributed by atoms with Crippen LogP contribution in [0.5, 0.6) is 0 Å². The van der Waals surface area contributed by atoms with Crippen LogP contribution in [0.3, 0.4) is 0 Å². The highest BCUT2D eigenvalue weighted by atomic mass is 32.1. The summed E-state index contributed by atoms with van der Waals surface area (Å²) in [4.78, 5) is 40.4. The first-order chi connectivity index (χ1) is 13.5. The highest BCUT2D eigenvalue weighted by molar-refractivity contribution is 7.14. The largest absolute Gasteiger partial charge is 0.322 e. The van der Waals surface area contributed by atoms with E-state index in [9.17, 15) is 14.4 Å². The Hall–Kier alpha value is -3.52. The third kappa shape index (κ3) is 3.25.